The summed E-state index contributed by atoms with van der Waals surface area (Å²) < 4.78 is 16.8. The van der Waals surface area contributed by atoms with Gasteiger partial charge in [0.2, 0.25) is 0 Å². The van der Waals surface area contributed by atoms with E-state index in [4.69, 9.17) is 14.2 Å². The highest BCUT2D eigenvalue weighted by atomic mass is 16.6. The number of allylic oxidation sites excluding steroid dienone is 12. The van der Waals surface area contributed by atoms with Crippen molar-refractivity contribution < 1.29 is 28.6 Å². The molecule has 0 aromatic carbocycles. The third kappa shape index (κ3) is 57.6. The summed E-state index contributed by atoms with van der Waals surface area (Å²) in [6.07, 6.45) is 76.5. The number of unbranched alkanes of at least 4 members (excludes halogenated alkanes) is 32. The van der Waals surface area contributed by atoms with Crippen LogP contribution in [0, 0.1) is 0 Å². The molecule has 0 spiro atoms. The predicted octanol–water partition coefficient (Wildman–Crippen LogP) is 20.5. The number of carbonyl (C=O) groups is 3. The molecule has 0 aliphatic carbocycles. The Morgan fingerprint density at radius 3 is 0.887 bits per heavy atom. The molecule has 0 aliphatic rings. The van der Waals surface area contributed by atoms with E-state index >= 15 is 0 Å². The summed E-state index contributed by atoms with van der Waals surface area (Å²) in [4.78, 5) is 37.9. The van der Waals surface area contributed by atoms with Crippen molar-refractivity contribution >= 4 is 17.9 Å². The highest BCUT2D eigenvalue weighted by Gasteiger charge is 2.19. The molecule has 0 radical (unpaired) electrons. The molecule has 1 unspecified atom stereocenters. The molecule has 0 saturated heterocycles. The molecule has 0 fully saturated rings. The van der Waals surface area contributed by atoms with Crippen molar-refractivity contribution in [2.45, 2.75) is 309 Å². The lowest BCUT2D eigenvalue weighted by atomic mass is 10.0. The Morgan fingerprint density at radius 1 is 0.296 bits per heavy atom. The molecule has 0 aromatic rings. The quantitative estimate of drug-likeness (QED) is 0.0261. The van der Waals surface area contributed by atoms with Crippen molar-refractivity contribution in [2.75, 3.05) is 13.2 Å². The fourth-order valence-corrected chi connectivity index (χ4v) is 8.64. The molecule has 0 aliphatic heterocycles. The highest BCUT2D eigenvalue weighted by molar-refractivity contribution is 5.71. The van der Waals surface area contributed by atoms with Gasteiger partial charge in [-0.2, -0.15) is 0 Å². The Morgan fingerprint density at radius 2 is 0.549 bits per heavy atom. The van der Waals surface area contributed by atoms with E-state index in [1.807, 2.05) is 0 Å². The van der Waals surface area contributed by atoms with E-state index in [9.17, 15) is 14.4 Å². The minimum absolute atomic E-state index is 0.0773. The van der Waals surface area contributed by atoms with Crippen LogP contribution >= 0.6 is 0 Å². The molecule has 410 valence electrons. The van der Waals surface area contributed by atoms with Gasteiger partial charge in [0.1, 0.15) is 13.2 Å². The summed E-state index contributed by atoms with van der Waals surface area (Å²) in [6, 6.07) is 0. The van der Waals surface area contributed by atoms with E-state index in [0.717, 1.165) is 109 Å². The van der Waals surface area contributed by atoms with Crippen molar-refractivity contribution in [1.82, 2.24) is 0 Å². The topological polar surface area (TPSA) is 78.9 Å². The van der Waals surface area contributed by atoms with Crippen molar-refractivity contribution in [3.63, 3.8) is 0 Å². The van der Waals surface area contributed by atoms with Gasteiger partial charge in [-0.1, -0.05) is 267 Å². The molecule has 6 heteroatoms. The SMILES string of the molecule is CC/C=C\C/C=C\C/C=C\C/C=C\CCCCCCCCCCCCCCCCCCCCC(=O)OCC(COC(=O)CCCCCCCCC)OC(=O)CCCCCCC/C=C\C/C=C\CCCCC. The second kappa shape index (κ2) is 59.4. The van der Waals surface area contributed by atoms with Gasteiger partial charge in [-0.05, 0) is 89.9 Å². The molecule has 0 heterocycles. The van der Waals surface area contributed by atoms with Gasteiger partial charge in [0.15, 0.2) is 6.10 Å². The standard InChI is InChI=1S/C65H114O6/c1-4-7-10-13-16-18-20-22-24-25-26-27-28-29-30-31-32-33-34-35-36-37-38-39-41-42-44-46-49-52-55-58-64(67)70-61-62(60-69-63(66)57-54-51-48-15-12-9-6-3)71-65(68)59-56-53-50-47-45-43-40-23-21-19-17-14-11-8-5-2/h7,10,16-19,22-24,26-27,40,62H,4-6,8-9,11-15,20-21,25,28-39,41-61H2,1-3H3/b10-7-,18-16-,19-17-,24-22-,27-26-,40-23-. The predicted molar refractivity (Wildman–Crippen MR) is 307 cm³/mol. The molecule has 0 aromatic heterocycles. The number of hydrogen-bond acceptors (Lipinski definition) is 6. The third-order valence-corrected chi connectivity index (χ3v) is 13.2. The Hall–Kier alpha value is -3.15. The maximum atomic E-state index is 12.8. The van der Waals surface area contributed by atoms with Crippen LogP contribution in [0.2, 0.25) is 0 Å². The average molecular weight is 992 g/mol. The monoisotopic (exact) mass is 991 g/mol. The smallest absolute Gasteiger partial charge is 0.306 e. The van der Waals surface area contributed by atoms with Crippen LogP contribution < -0.4 is 0 Å². The number of carbonyl (C=O) groups excluding carboxylic acids is 3. The number of hydrogen-bond donors (Lipinski definition) is 0. The average Bonchev–Trinajstić information content (AvgIpc) is 3.37. The van der Waals surface area contributed by atoms with Crippen molar-refractivity contribution in [3.8, 4) is 0 Å². The van der Waals surface area contributed by atoms with E-state index in [1.54, 1.807) is 0 Å². The summed E-state index contributed by atoms with van der Waals surface area (Å²) >= 11 is 0. The lowest BCUT2D eigenvalue weighted by Gasteiger charge is -2.18. The Labute approximate surface area is 440 Å². The first kappa shape index (κ1) is 67.8. The first-order valence-electron chi connectivity index (χ1n) is 30.4. The van der Waals surface area contributed by atoms with Crippen LogP contribution in [0.15, 0.2) is 72.9 Å². The van der Waals surface area contributed by atoms with Crippen LogP contribution in [-0.2, 0) is 28.6 Å². The molecular weight excluding hydrogens is 877 g/mol. The minimum Gasteiger partial charge on any atom is -0.462 e. The van der Waals surface area contributed by atoms with E-state index in [0.29, 0.717) is 19.3 Å². The molecule has 1 atom stereocenters. The van der Waals surface area contributed by atoms with Crippen LogP contribution in [0.25, 0.3) is 0 Å². The Balaban J connectivity index is 4.03. The maximum Gasteiger partial charge on any atom is 0.306 e. The van der Waals surface area contributed by atoms with E-state index in [-0.39, 0.29) is 31.1 Å². The van der Waals surface area contributed by atoms with Crippen LogP contribution in [0.1, 0.15) is 303 Å². The molecule has 71 heavy (non-hydrogen) atoms. The normalized spacial score (nSPS) is 12.5. The third-order valence-electron chi connectivity index (χ3n) is 13.2. The number of ether oxygens (including phenoxy) is 3. The van der Waals surface area contributed by atoms with Crippen LogP contribution in [0.4, 0.5) is 0 Å². The van der Waals surface area contributed by atoms with Crippen molar-refractivity contribution in [2.24, 2.45) is 0 Å². The summed E-state index contributed by atoms with van der Waals surface area (Å²) in [6.45, 7) is 6.47. The number of esters is 3. The molecule has 0 rings (SSSR count). The fourth-order valence-electron chi connectivity index (χ4n) is 8.64. The van der Waals surface area contributed by atoms with Gasteiger partial charge in [-0.25, -0.2) is 0 Å². The van der Waals surface area contributed by atoms with Crippen LogP contribution in [-0.4, -0.2) is 37.2 Å². The van der Waals surface area contributed by atoms with Gasteiger partial charge in [-0.3, -0.25) is 14.4 Å². The second-order valence-corrected chi connectivity index (χ2v) is 20.2. The van der Waals surface area contributed by atoms with Gasteiger partial charge in [0, 0.05) is 19.3 Å². The summed E-state index contributed by atoms with van der Waals surface area (Å²) in [5, 5.41) is 0. The molecular formula is C65H114O6. The molecule has 6 nitrogen and oxygen atoms in total. The van der Waals surface area contributed by atoms with Gasteiger partial charge < -0.3 is 14.2 Å². The van der Waals surface area contributed by atoms with E-state index < -0.39 is 6.10 Å². The Bertz CT molecular complexity index is 1320. The zero-order valence-corrected chi connectivity index (χ0v) is 47.0. The fraction of sp³-hybridized carbons (Fsp3) is 0.769. The van der Waals surface area contributed by atoms with Crippen LogP contribution in [0.5, 0.6) is 0 Å². The second-order valence-electron chi connectivity index (χ2n) is 20.2. The molecule has 0 amide bonds. The summed E-state index contributed by atoms with van der Waals surface area (Å²) in [5.74, 6) is -0.887. The highest BCUT2D eigenvalue weighted by Crippen LogP contribution is 2.17. The summed E-state index contributed by atoms with van der Waals surface area (Å²) in [7, 11) is 0. The van der Waals surface area contributed by atoms with Crippen LogP contribution in [0.3, 0.4) is 0 Å². The summed E-state index contributed by atoms with van der Waals surface area (Å²) in [5.41, 5.74) is 0. The van der Waals surface area contributed by atoms with Crippen molar-refractivity contribution in [3.05, 3.63) is 72.9 Å². The lowest BCUT2D eigenvalue weighted by molar-refractivity contribution is -0.167. The van der Waals surface area contributed by atoms with Gasteiger partial charge in [-0.15, -0.1) is 0 Å². The Kier molecular flexibility index (Phi) is 56.8. The molecule has 0 bridgehead atoms. The zero-order chi connectivity index (χ0) is 51.4. The lowest BCUT2D eigenvalue weighted by Crippen LogP contribution is -2.30. The maximum absolute atomic E-state index is 12.8. The minimum atomic E-state index is -0.777. The first-order valence-corrected chi connectivity index (χ1v) is 30.4. The first-order chi connectivity index (χ1) is 35.0. The van der Waals surface area contributed by atoms with E-state index in [2.05, 4.69) is 93.7 Å². The zero-order valence-electron chi connectivity index (χ0n) is 47.0. The van der Waals surface area contributed by atoms with Crippen molar-refractivity contribution in [1.29, 1.82) is 0 Å². The van der Waals surface area contributed by atoms with E-state index in [1.165, 1.54) is 154 Å². The van der Waals surface area contributed by atoms with Gasteiger partial charge >= 0.3 is 17.9 Å². The molecule has 0 saturated carbocycles. The molecule has 0 N–H and O–H groups in total. The van der Waals surface area contributed by atoms with Gasteiger partial charge in [0.25, 0.3) is 0 Å². The number of rotatable bonds is 55. The van der Waals surface area contributed by atoms with Gasteiger partial charge in [0.05, 0.1) is 0 Å². The largest absolute Gasteiger partial charge is 0.462 e.